The van der Waals surface area contributed by atoms with Crippen molar-refractivity contribution in [1.82, 2.24) is 4.90 Å². The minimum absolute atomic E-state index is 0.0130. The molecule has 26 heavy (non-hydrogen) atoms. The van der Waals surface area contributed by atoms with E-state index in [-0.39, 0.29) is 31.2 Å². The number of anilines is 1. The van der Waals surface area contributed by atoms with Crippen LogP contribution in [0.15, 0.2) is 42.5 Å². The average molecular weight is 358 g/mol. The molecule has 0 aromatic heterocycles. The topological polar surface area (TPSA) is 40.6 Å². The Hall–Kier alpha value is -2.76. The Balaban J connectivity index is 1.59. The summed E-state index contributed by atoms with van der Waals surface area (Å²) in [4.78, 5) is 28.0. The van der Waals surface area contributed by atoms with Gasteiger partial charge in [0.15, 0.2) is 0 Å². The van der Waals surface area contributed by atoms with E-state index in [1.807, 2.05) is 31.2 Å². The third-order valence-corrected chi connectivity index (χ3v) is 4.60. The molecule has 4 nitrogen and oxygen atoms in total. The molecule has 0 bridgehead atoms. The van der Waals surface area contributed by atoms with Gasteiger partial charge < -0.3 is 9.80 Å². The van der Waals surface area contributed by atoms with Crippen LogP contribution in [0.2, 0.25) is 0 Å². The molecule has 0 spiro atoms. The lowest BCUT2D eigenvalue weighted by molar-refractivity contribution is -0.136. The predicted molar refractivity (Wildman–Crippen MR) is 94.8 cm³/mol. The molecule has 1 aliphatic heterocycles. The van der Waals surface area contributed by atoms with Crippen LogP contribution in [0.25, 0.3) is 0 Å². The second kappa shape index (κ2) is 7.64. The zero-order valence-corrected chi connectivity index (χ0v) is 14.5. The van der Waals surface area contributed by atoms with Crippen LogP contribution in [-0.4, -0.2) is 36.3 Å². The third kappa shape index (κ3) is 3.90. The lowest BCUT2D eigenvalue weighted by atomic mass is 10.1. The highest BCUT2D eigenvalue weighted by Crippen LogP contribution is 2.22. The van der Waals surface area contributed by atoms with Crippen LogP contribution in [0.1, 0.15) is 17.5 Å². The van der Waals surface area contributed by atoms with Crippen molar-refractivity contribution in [3.8, 4) is 0 Å². The Kier molecular flexibility index (Phi) is 5.30. The van der Waals surface area contributed by atoms with Crippen LogP contribution in [0.4, 0.5) is 14.5 Å². The molecule has 136 valence electrons. The second-order valence-electron chi connectivity index (χ2n) is 6.38. The first-order chi connectivity index (χ1) is 12.5. The quantitative estimate of drug-likeness (QED) is 0.843. The van der Waals surface area contributed by atoms with E-state index in [0.717, 1.165) is 17.3 Å². The number of aryl methyl sites for hydroxylation is 2. The molecule has 1 fully saturated rings. The fourth-order valence-electron chi connectivity index (χ4n) is 3.13. The molecule has 0 aliphatic carbocycles. The van der Waals surface area contributed by atoms with Crippen molar-refractivity contribution in [1.29, 1.82) is 0 Å². The molecular weight excluding hydrogens is 338 g/mol. The summed E-state index contributed by atoms with van der Waals surface area (Å²) in [6.07, 6.45) is 0.261. The van der Waals surface area contributed by atoms with E-state index < -0.39 is 11.6 Å². The van der Waals surface area contributed by atoms with Gasteiger partial charge in [0.25, 0.3) is 0 Å². The molecule has 0 atom stereocenters. The largest absolute Gasteiger partial charge is 0.332 e. The average Bonchev–Trinajstić information content (AvgIpc) is 2.61. The Bertz CT molecular complexity index is 838. The van der Waals surface area contributed by atoms with Crippen molar-refractivity contribution < 1.29 is 18.4 Å². The van der Waals surface area contributed by atoms with E-state index in [4.69, 9.17) is 0 Å². The van der Waals surface area contributed by atoms with Gasteiger partial charge in [-0.1, -0.05) is 24.3 Å². The van der Waals surface area contributed by atoms with Crippen LogP contribution in [0.3, 0.4) is 0 Å². The third-order valence-electron chi connectivity index (χ3n) is 4.60. The Morgan fingerprint density at radius 3 is 2.58 bits per heavy atom. The Labute approximate surface area is 151 Å². The first-order valence-corrected chi connectivity index (χ1v) is 8.53. The van der Waals surface area contributed by atoms with E-state index in [1.54, 1.807) is 4.90 Å². The maximum Gasteiger partial charge on any atom is 0.246 e. The van der Waals surface area contributed by atoms with Gasteiger partial charge in [0.2, 0.25) is 11.8 Å². The van der Waals surface area contributed by atoms with E-state index in [2.05, 4.69) is 0 Å². The highest BCUT2D eigenvalue weighted by Gasteiger charge is 2.28. The fourth-order valence-corrected chi connectivity index (χ4v) is 3.13. The van der Waals surface area contributed by atoms with Crippen LogP contribution in [0.5, 0.6) is 0 Å². The first kappa shape index (κ1) is 18.0. The number of amides is 2. The van der Waals surface area contributed by atoms with E-state index in [0.29, 0.717) is 18.7 Å². The number of hydrogen-bond acceptors (Lipinski definition) is 2. The van der Waals surface area contributed by atoms with E-state index in [1.165, 1.54) is 17.0 Å². The second-order valence-corrected chi connectivity index (χ2v) is 6.38. The summed E-state index contributed by atoms with van der Waals surface area (Å²) in [6, 6.07) is 11.0. The van der Waals surface area contributed by atoms with Gasteiger partial charge in [-0.25, -0.2) is 8.78 Å². The highest BCUT2D eigenvalue weighted by molar-refractivity contribution is 5.98. The van der Waals surface area contributed by atoms with Crippen molar-refractivity contribution in [3.05, 3.63) is 65.2 Å². The Morgan fingerprint density at radius 2 is 1.88 bits per heavy atom. The molecule has 2 aromatic carbocycles. The van der Waals surface area contributed by atoms with Crippen molar-refractivity contribution in [2.45, 2.75) is 19.8 Å². The molecule has 1 aliphatic rings. The van der Waals surface area contributed by atoms with Crippen molar-refractivity contribution in [3.63, 3.8) is 0 Å². The molecule has 2 aromatic rings. The normalized spacial score (nSPS) is 14.7. The summed E-state index contributed by atoms with van der Waals surface area (Å²) in [5.41, 5.74) is 2.16. The SMILES string of the molecule is Cc1ccccc1N1CCN(C(=O)CCc2ccc(F)cc2F)CC1=O. The number of carbonyl (C=O) groups is 2. The monoisotopic (exact) mass is 358 g/mol. The maximum absolute atomic E-state index is 13.7. The van der Waals surface area contributed by atoms with Gasteiger partial charge >= 0.3 is 0 Å². The van der Waals surface area contributed by atoms with Gasteiger partial charge in [-0.05, 0) is 36.6 Å². The molecule has 0 saturated carbocycles. The van der Waals surface area contributed by atoms with E-state index >= 15 is 0 Å². The zero-order valence-electron chi connectivity index (χ0n) is 14.5. The minimum atomic E-state index is -0.654. The number of benzene rings is 2. The number of nitrogens with zero attached hydrogens (tertiary/aromatic N) is 2. The summed E-state index contributed by atoms with van der Waals surface area (Å²) in [7, 11) is 0. The summed E-state index contributed by atoms with van der Waals surface area (Å²) >= 11 is 0. The summed E-state index contributed by atoms with van der Waals surface area (Å²) in [6.45, 7) is 2.82. The zero-order chi connectivity index (χ0) is 18.7. The molecule has 6 heteroatoms. The molecular formula is C20H20F2N2O2. The molecule has 2 amide bonds. The maximum atomic E-state index is 13.7. The number of carbonyl (C=O) groups excluding carboxylic acids is 2. The molecule has 0 N–H and O–H groups in total. The summed E-state index contributed by atoms with van der Waals surface area (Å²) in [5.74, 6) is -1.63. The summed E-state index contributed by atoms with van der Waals surface area (Å²) in [5, 5.41) is 0. The molecule has 1 heterocycles. The van der Waals surface area contributed by atoms with E-state index in [9.17, 15) is 18.4 Å². The predicted octanol–water partition coefficient (Wildman–Crippen LogP) is 3.08. The number of halogens is 2. The first-order valence-electron chi connectivity index (χ1n) is 8.53. The van der Waals surface area contributed by atoms with Crippen molar-refractivity contribution in [2.75, 3.05) is 24.5 Å². The minimum Gasteiger partial charge on any atom is -0.332 e. The standard InChI is InChI=1S/C20H20F2N2O2/c1-14-4-2-3-5-18(14)24-11-10-23(13-20(24)26)19(25)9-7-15-6-8-16(21)12-17(15)22/h2-6,8,12H,7,9-11,13H2,1H3. The van der Waals surface area contributed by atoms with Crippen LogP contribution in [-0.2, 0) is 16.0 Å². The fraction of sp³-hybridized carbons (Fsp3) is 0.300. The molecule has 3 rings (SSSR count). The summed E-state index contributed by atoms with van der Waals surface area (Å²) < 4.78 is 26.6. The Morgan fingerprint density at radius 1 is 1.12 bits per heavy atom. The molecule has 0 radical (unpaired) electrons. The number of piperazine rings is 1. The van der Waals surface area contributed by atoms with Crippen LogP contribution < -0.4 is 4.90 Å². The lowest BCUT2D eigenvalue weighted by Crippen LogP contribution is -2.52. The van der Waals surface area contributed by atoms with Gasteiger partial charge in [-0.3, -0.25) is 9.59 Å². The van der Waals surface area contributed by atoms with Crippen LogP contribution >= 0.6 is 0 Å². The van der Waals surface area contributed by atoms with Gasteiger partial charge in [0, 0.05) is 31.3 Å². The number of hydrogen-bond donors (Lipinski definition) is 0. The smallest absolute Gasteiger partial charge is 0.246 e. The van der Waals surface area contributed by atoms with Gasteiger partial charge in [-0.2, -0.15) is 0 Å². The number of rotatable bonds is 4. The van der Waals surface area contributed by atoms with Crippen LogP contribution in [0, 0.1) is 18.6 Å². The number of para-hydroxylation sites is 1. The van der Waals surface area contributed by atoms with Gasteiger partial charge in [-0.15, -0.1) is 0 Å². The van der Waals surface area contributed by atoms with Crippen molar-refractivity contribution >= 4 is 17.5 Å². The highest BCUT2D eigenvalue weighted by atomic mass is 19.1. The molecule has 0 unspecified atom stereocenters. The lowest BCUT2D eigenvalue weighted by Gasteiger charge is -2.35. The van der Waals surface area contributed by atoms with Gasteiger partial charge in [0.1, 0.15) is 18.2 Å². The van der Waals surface area contributed by atoms with Crippen molar-refractivity contribution in [2.24, 2.45) is 0 Å². The molecule has 1 saturated heterocycles. The van der Waals surface area contributed by atoms with Gasteiger partial charge in [0.05, 0.1) is 0 Å².